The second-order valence-electron chi connectivity index (χ2n) is 0. The topological polar surface area (TPSA) is 378 Å². The van der Waals surface area contributed by atoms with Crippen molar-refractivity contribution >= 4 is 0 Å². The van der Waals surface area contributed by atoms with Gasteiger partial charge in [-0.3, -0.25) is 0 Å². The molecule has 0 spiro atoms. The van der Waals surface area contributed by atoms with E-state index >= 15 is 0 Å². The molecule has 0 saturated heterocycles. The van der Waals surface area contributed by atoms with Gasteiger partial charge in [-0.1, -0.05) is 0 Å². The molecule has 18 heavy (non-hydrogen) atoms. The first-order valence-electron chi connectivity index (χ1n) is 0. The van der Waals surface area contributed by atoms with Gasteiger partial charge < -0.3 is 115 Å². The first-order valence-corrected chi connectivity index (χ1v) is 0. The second kappa shape index (κ2) is 710. The second-order valence-corrected chi connectivity index (χ2v) is 0. The van der Waals surface area contributed by atoms with Crippen LogP contribution in [0.1, 0.15) is 0 Å². The van der Waals surface area contributed by atoms with Crippen LogP contribution in [-0.4, -0.2) is 65.7 Å². The van der Waals surface area contributed by atoms with Gasteiger partial charge in [-0.05, 0) is 0 Å². The maximum Gasteiger partial charge on any atom is 3.00 e. The fourth-order valence-corrected chi connectivity index (χ4v) is 0. The molecule has 0 aliphatic heterocycles. The molecular weight excluding hydrogens is 652 g/mol. The average molecular weight is 676 g/mol. The smallest absolute Gasteiger partial charge is 1.00 e. The Morgan fingerprint density at radius 1 is 0.167 bits per heavy atom. The van der Waals surface area contributed by atoms with Gasteiger partial charge in [0.2, 0.25) is 0 Å². The first kappa shape index (κ1) is 824. The molecule has 18 heteroatoms. The standard InChI is InChI=1S/4ClH.12H2O.2Tb/h4*1H;12*1H2;;/q;;;;;;;;;;;;;;;;2*+3/p-4. The van der Waals surface area contributed by atoms with Gasteiger partial charge in [-0.25, -0.2) is 0 Å². The van der Waals surface area contributed by atoms with Crippen LogP contribution in [0, 0.1) is 77.2 Å². The minimum Gasteiger partial charge on any atom is -1.00 e. The van der Waals surface area contributed by atoms with Crippen molar-refractivity contribution in [2.75, 3.05) is 0 Å². The van der Waals surface area contributed by atoms with E-state index in [0.717, 1.165) is 0 Å². The van der Waals surface area contributed by atoms with E-state index in [-0.39, 0.29) is 193 Å². The first-order chi connectivity index (χ1) is 0. The van der Waals surface area contributed by atoms with Crippen LogP contribution >= 0.6 is 0 Å². The van der Waals surface area contributed by atoms with E-state index in [2.05, 4.69) is 0 Å². The summed E-state index contributed by atoms with van der Waals surface area (Å²) < 4.78 is 0. The molecule has 0 rings (SSSR count). The summed E-state index contributed by atoms with van der Waals surface area (Å²) in [6, 6.07) is 0. The number of hydrogen-bond donors (Lipinski definition) is 0. The number of rotatable bonds is 0. The van der Waals surface area contributed by atoms with Gasteiger partial charge in [0.25, 0.3) is 0 Å². The number of hydrogen-bond acceptors (Lipinski definition) is 0. The summed E-state index contributed by atoms with van der Waals surface area (Å²) in [5, 5.41) is 0. The van der Waals surface area contributed by atoms with Gasteiger partial charge in [-0.2, -0.15) is 0 Å². The van der Waals surface area contributed by atoms with Crippen LogP contribution in [0.3, 0.4) is 0 Å². The van der Waals surface area contributed by atoms with E-state index in [1.165, 1.54) is 0 Å². The van der Waals surface area contributed by atoms with Gasteiger partial charge in [0.05, 0.1) is 0 Å². The fourth-order valence-electron chi connectivity index (χ4n) is 0. The van der Waals surface area contributed by atoms with Gasteiger partial charge >= 0.3 is 77.2 Å². The summed E-state index contributed by atoms with van der Waals surface area (Å²) in [6.45, 7) is 0. The molecule has 0 atom stereocenters. The van der Waals surface area contributed by atoms with Crippen molar-refractivity contribution in [3.05, 3.63) is 0 Å². The Labute approximate surface area is 190 Å². The van der Waals surface area contributed by atoms with E-state index in [1.807, 2.05) is 0 Å². The molecule has 0 amide bonds. The average Bonchev–Trinajstić information content (AvgIpc) is 0. The molecule has 0 heterocycles. The van der Waals surface area contributed by atoms with Crippen LogP contribution in [0.25, 0.3) is 0 Å². The van der Waals surface area contributed by atoms with Crippen LogP contribution in [-0.2, 0) is 0 Å². The van der Waals surface area contributed by atoms with Crippen molar-refractivity contribution in [1.82, 2.24) is 0 Å². The third-order valence-corrected chi connectivity index (χ3v) is 0. The molecular formula is H24Cl4O12Tb2+2. The molecule has 0 aliphatic rings. The number of halogens is 4. The Hall–Kier alpha value is 3.25. The third-order valence-electron chi connectivity index (χ3n) is 0. The molecule has 0 fully saturated rings. The van der Waals surface area contributed by atoms with Gasteiger partial charge in [0, 0.05) is 0 Å². The Morgan fingerprint density at radius 2 is 0.167 bits per heavy atom. The van der Waals surface area contributed by atoms with Gasteiger partial charge in [-0.15, -0.1) is 0 Å². The van der Waals surface area contributed by atoms with Crippen LogP contribution in [0.5, 0.6) is 0 Å². The normalized spacial score (nSPS) is 0. The third kappa shape index (κ3) is 607. The molecule has 24 N–H and O–H groups in total. The SMILES string of the molecule is O.O.O.O.O.O.O.O.O.O.O.O.[Cl-].[Cl-].[Cl-].[Cl-].[Tb+3].[Tb+3]. The maximum absolute atomic E-state index is 0. The van der Waals surface area contributed by atoms with E-state index in [4.69, 9.17) is 0 Å². The zero-order valence-corrected chi connectivity index (χ0v) is 15.5. The Morgan fingerprint density at radius 3 is 0.167 bits per heavy atom. The van der Waals surface area contributed by atoms with Crippen LogP contribution in [0.4, 0.5) is 0 Å². The van der Waals surface area contributed by atoms with Crippen LogP contribution in [0.2, 0.25) is 0 Å². The summed E-state index contributed by atoms with van der Waals surface area (Å²) >= 11 is 0. The molecule has 0 bridgehead atoms. The molecule has 0 saturated carbocycles. The van der Waals surface area contributed by atoms with E-state index in [9.17, 15) is 0 Å². The maximum atomic E-state index is 0. The summed E-state index contributed by atoms with van der Waals surface area (Å²) in [4.78, 5) is 0. The van der Waals surface area contributed by atoms with Crippen molar-refractivity contribution < 1.29 is 193 Å². The molecule has 0 aromatic rings. The summed E-state index contributed by atoms with van der Waals surface area (Å²) in [5.74, 6) is 0. The Kier molecular flexibility index (Phi) is 32500. The zero-order valence-electron chi connectivity index (χ0n) is 8.18. The molecule has 12 nitrogen and oxygen atoms in total. The summed E-state index contributed by atoms with van der Waals surface area (Å²) in [6.07, 6.45) is 0. The van der Waals surface area contributed by atoms with E-state index < -0.39 is 0 Å². The summed E-state index contributed by atoms with van der Waals surface area (Å²) in [5.41, 5.74) is 0. The predicted molar refractivity (Wildman–Crippen MR) is 43.4 cm³/mol. The monoisotopic (exact) mass is 674 g/mol. The van der Waals surface area contributed by atoms with Crippen LogP contribution < -0.4 is 49.6 Å². The quantitative estimate of drug-likeness (QED) is 0.231. The van der Waals surface area contributed by atoms with E-state index in [0.29, 0.717) is 0 Å². The van der Waals surface area contributed by atoms with Crippen molar-refractivity contribution in [1.29, 1.82) is 0 Å². The minimum absolute atomic E-state index is 0. The van der Waals surface area contributed by atoms with Crippen molar-refractivity contribution in [2.45, 2.75) is 0 Å². The van der Waals surface area contributed by atoms with Crippen molar-refractivity contribution in [3.63, 3.8) is 0 Å². The molecule has 0 unspecified atom stereocenters. The molecule has 140 valence electrons. The fraction of sp³-hybridized carbons (Fsp3) is 0. The molecule has 0 aromatic carbocycles. The van der Waals surface area contributed by atoms with Gasteiger partial charge in [0.15, 0.2) is 0 Å². The minimum atomic E-state index is 0. The van der Waals surface area contributed by atoms with Crippen molar-refractivity contribution in [3.8, 4) is 0 Å². The van der Waals surface area contributed by atoms with Crippen LogP contribution in [0.15, 0.2) is 0 Å². The molecule has 0 aliphatic carbocycles. The van der Waals surface area contributed by atoms with E-state index in [1.54, 1.807) is 0 Å². The Balaban J connectivity index is 0. The molecule has 0 radical (unpaired) electrons. The Bertz CT molecular complexity index is 22.0. The summed E-state index contributed by atoms with van der Waals surface area (Å²) in [7, 11) is 0. The zero-order chi connectivity index (χ0) is 0. The largest absolute Gasteiger partial charge is 3.00 e. The predicted octanol–water partition coefficient (Wildman–Crippen LogP) is -21.9. The van der Waals surface area contributed by atoms with Crippen molar-refractivity contribution in [2.24, 2.45) is 0 Å². The molecule has 0 aromatic heterocycles. The van der Waals surface area contributed by atoms with Gasteiger partial charge in [0.1, 0.15) is 0 Å².